The number of carbonyl (C=O) groups is 1. The lowest BCUT2D eigenvalue weighted by Gasteiger charge is -1.98. The average Bonchev–Trinajstić information content (AvgIpc) is 2.04. The highest BCUT2D eigenvalue weighted by Crippen LogP contribution is 2.12. The van der Waals surface area contributed by atoms with E-state index < -0.39 is 10.8 Å². The highest BCUT2D eigenvalue weighted by Gasteiger charge is 2.13. The van der Waals surface area contributed by atoms with Gasteiger partial charge in [0.1, 0.15) is 6.20 Å². The quantitative estimate of drug-likeness (QED) is 0.527. The van der Waals surface area contributed by atoms with E-state index in [4.69, 9.17) is 5.73 Å². The molecule has 0 spiro atoms. The van der Waals surface area contributed by atoms with Crippen molar-refractivity contribution in [1.82, 2.24) is 4.98 Å². The molecule has 0 saturated heterocycles. The Bertz CT molecular complexity index is 375. The van der Waals surface area contributed by atoms with Gasteiger partial charge in [-0.2, -0.15) is 0 Å². The van der Waals surface area contributed by atoms with Crippen molar-refractivity contribution in [3.05, 3.63) is 33.5 Å². The lowest BCUT2D eigenvalue weighted by molar-refractivity contribution is -0.389. The number of rotatable bonds is 2. The van der Waals surface area contributed by atoms with Gasteiger partial charge in [-0.3, -0.25) is 4.79 Å². The number of nitrogens with two attached hydrogens (primary N) is 1. The zero-order valence-corrected chi connectivity index (χ0v) is 6.85. The van der Waals surface area contributed by atoms with Crippen LogP contribution in [0.15, 0.2) is 12.3 Å². The Balaban J connectivity index is 3.27. The zero-order chi connectivity index (χ0) is 10.0. The third kappa shape index (κ3) is 1.78. The van der Waals surface area contributed by atoms with Crippen molar-refractivity contribution in [2.75, 3.05) is 0 Å². The number of carbonyl (C=O) groups excluding carboxylic acids is 1. The standard InChI is InChI=1S/C7H7N3O3/c1-4-3-9-6(10(12)13)2-5(4)7(8)11/h2-3H,1H3,(H2,8,11). The van der Waals surface area contributed by atoms with Gasteiger partial charge in [0.15, 0.2) is 0 Å². The van der Waals surface area contributed by atoms with Crippen LogP contribution in [0.5, 0.6) is 0 Å². The fourth-order valence-electron chi connectivity index (χ4n) is 0.878. The number of pyridine rings is 1. The fraction of sp³-hybridized carbons (Fsp3) is 0.143. The SMILES string of the molecule is Cc1cnc([N+](=O)[O-])cc1C(N)=O. The minimum atomic E-state index is -0.692. The smallest absolute Gasteiger partial charge is 0.364 e. The molecule has 1 aromatic rings. The highest BCUT2D eigenvalue weighted by atomic mass is 16.6. The van der Waals surface area contributed by atoms with Crippen molar-refractivity contribution >= 4 is 11.7 Å². The second-order valence-corrected chi connectivity index (χ2v) is 2.48. The van der Waals surface area contributed by atoms with Gasteiger partial charge in [0, 0.05) is 11.6 Å². The number of nitro groups is 1. The molecule has 1 rings (SSSR count). The largest absolute Gasteiger partial charge is 0.366 e. The third-order valence-corrected chi connectivity index (χ3v) is 1.54. The van der Waals surface area contributed by atoms with Gasteiger partial charge in [0.05, 0.1) is 5.56 Å². The van der Waals surface area contributed by atoms with Gasteiger partial charge >= 0.3 is 5.82 Å². The molecule has 0 atom stereocenters. The van der Waals surface area contributed by atoms with E-state index in [0.717, 1.165) is 6.07 Å². The Labute approximate surface area is 73.5 Å². The minimum absolute atomic E-state index is 0.127. The molecule has 0 radical (unpaired) electrons. The number of aryl methyl sites for hydroxylation is 1. The minimum Gasteiger partial charge on any atom is -0.366 e. The summed E-state index contributed by atoms with van der Waals surface area (Å²) in [4.78, 5) is 23.9. The van der Waals surface area contributed by atoms with E-state index in [1.54, 1.807) is 6.92 Å². The summed E-state index contributed by atoms with van der Waals surface area (Å²) in [6, 6.07) is 1.07. The fourth-order valence-corrected chi connectivity index (χ4v) is 0.878. The van der Waals surface area contributed by atoms with Gasteiger partial charge in [-0.1, -0.05) is 0 Å². The molecule has 6 nitrogen and oxygen atoms in total. The second kappa shape index (κ2) is 3.18. The van der Waals surface area contributed by atoms with Gasteiger partial charge < -0.3 is 15.8 Å². The summed E-state index contributed by atoms with van der Waals surface area (Å²) in [5.41, 5.74) is 5.65. The van der Waals surface area contributed by atoms with Crippen LogP contribution in [0.25, 0.3) is 0 Å². The van der Waals surface area contributed by atoms with Gasteiger partial charge in [0.25, 0.3) is 0 Å². The normalized spacial score (nSPS) is 9.62. The van der Waals surface area contributed by atoms with E-state index in [2.05, 4.69) is 4.98 Å². The van der Waals surface area contributed by atoms with Crippen LogP contribution < -0.4 is 5.73 Å². The van der Waals surface area contributed by atoms with Crippen molar-refractivity contribution in [3.63, 3.8) is 0 Å². The molecule has 13 heavy (non-hydrogen) atoms. The summed E-state index contributed by atoms with van der Waals surface area (Å²) >= 11 is 0. The molecule has 0 saturated carbocycles. The topological polar surface area (TPSA) is 99.1 Å². The average molecular weight is 181 g/mol. The maximum Gasteiger partial charge on any atom is 0.364 e. The van der Waals surface area contributed by atoms with E-state index in [-0.39, 0.29) is 11.4 Å². The molecule has 0 aliphatic carbocycles. The molecule has 0 fully saturated rings. The van der Waals surface area contributed by atoms with Crippen molar-refractivity contribution in [2.45, 2.75) is 6.92 Å². The summed E-state index contributed by atoms with van der Waals surface area (Å²) < 4.78 is 0. The highest BCUT2D eigenvalue weighted by molar-refractivity contribution is 5.94. The summed E-state index contributed by atoms with van der Waals surface area (Å²) in [7, 11) is 0. The van der Waals surface area contributed by atoms with Crippen molar-refractivity contribution in [3.8, 4) is 0 Å². The van der Waals surface area contributed by atoms with Crippen LogP contribution in [-0.2, 0) is 0 Å². The molecular formula is C7H7N3O3. The Hall–Kier alpha value is -1.98. The Morgan fingerprint density at radius 3 is 2.77 bits per heavy atom. The summed E-state index contributed by atoms with van der Waals surface area (Å²) in [5.74, 6) is -1.07. The maximum absolute atomic E-state index is 10.8. The summed E-state index contributed by atoms with van der Waals surface area (Å²) in [6.07, 6.45) is 1.25. The maximum atomic E-state index is 10.8. The van der Waals surface area contributed by atoms with Crippen molar-refractivity contribution < 1.29 is 9.72 Å². The lowest BCUT2D eigenvalue weighted by atomic mass is 10.1. The second-order valence-electron chi connectivity index (χ2n) is 2.48. The van der Waals surface area contributed by atoms with Crippen LogP contribution in [-0.4, -0.2) is 15.8 Å². The van der Waals surface area contributed by atoms with Crippen LogP contribution in [0.1, 0.15) is 15.9 Å². The monoisotopic (exact) mass is 181 g/mol. The molecular weight excluding hydrogens is 174 g/mol. The number of aromatic nitrogens is 1. The number of hydrogen-bond acceptors (Lipinski definition) is 4. The molecule has 1 aromatic heterocycles. The van der Waals surface area contributed by atoms with E-state index in [9.17, 15) is 14.9 Å². The molecule has 1 heterocycles. The first-order chi connectivity index (χ1) is 6.02. The van der Waals surface area contributed by atoms with E-state index in [1.807, 2.05) is 0 Å². The first-order valence-corrected chi connectivity index (χ1v) is 3.43. The van der Waals surface area contributed by atoms with Gasteiger partial charge in [-0.05, 0) is 16.8 Å². The summed E-state index contributed by atoms with van der Waals surface area (Å²) in [5, 5.41) is 10.3. The predicted molar refractivity (Wildman–Crippen MR) is 44.1 cm³/mol. The van der Waals surface area contributed by atoms with E-state index in [1.165, 1.54) is 6.20 Å². The number of hydrogen-bond donors (Lipinski definition) is 1. The molecule has 68 valence electrons. The van der Waals surface area contributed by atoms with Crippen LogP contribution >= 0.6 is 0 Å². The molecule has 2 N–H and O–H groups in total. The lowest BCUT2D eigenvalue weighted by Crippen LogP contribution is -2.13. The van der Waals surface area contributed by atoms with Gasteiger partial charge in [-0.25, -0.2) is 0 Å². The number of nitrogens with zero attached hydrogens (tertiary/aromatic N) is 2. The number of amides is 1. The van der Waals surface area contributed by atoms with Crippen molar-refractivity contribution in [1.29, 1.82) is 0 Å². The van der Waals surface area contributed by atoms with Crippen LogP contribution in [0.3, 0.4) is 0 Å². The van der Waals surface area contributed by atoms with Gasteiger partial charge in [0.2, 0.25) is 5.91 Å². The first-order valence-electron chi connectivity index (χ1n) is 3.43. The molecule has 0 unspecified atom stereocenters. The van der Waals surface area contributed by atoms with E-state index in [0.29, 0.717) is 5.56 Å². The Morgan fingerprint density at radius 2 is 2.31 bits per heavy atom. The molecule has 1 amide bonds. The van der Waals surface area contributed by atoms with E-state index >= 15 is 0 Å². The zero-order valence-electron chi connectivity index (χ0n) is 6.85. The molecule has 6 heteroatoms. The Kier molecular flexibility index (Phi) is 2.23. The van der Waals surface area contributed by atoms with Crippen LogP contribution in [0.2, 0.25) is 0 Å². The molecule has 0 aliphatic rings. The molecule has 0 aliphatic heterocycles. The molecule has 0 aromatic carbocycles. The van der Waals surface area contributed by atoms with Crippen molar-refractivity contribution in [2.24, 2.45) is 5.73 Å². The van der Waals surface area contributed by atoms with Crippen LogP contribution in [0.4, 0.5) is 5.82 Å². The first kappa shape index (κ1) is 9.11. The van der Waals surface area contributed by atoms with Crippen LogP contribution in [0, 0.1) is 17.0 Å². The predicted octanol–water partition coefficient (Wildman–Crippen LogP) is 0.397. The van der Waals surface area contributed by atoms with Gasteiger partial charge in [-0.15, -0.1) is 0 Å². The summed E-state index contributed by atoms with van der Waals surface area (Å²) in [6.45, 7) is 1.61. The Morgan fingerprint density at radius 1 is 1.69 bits per heavy atom. The molecule has 0 bridgehead atoms. The number of primary amides is 1. The third-order valence-electron chi connectivity index (χ3n) is 1.54.